The number of carbonyl (C=O) groups excluding carboxylic acids is 1. The van der Waals surface area contributed by atoms with Crippen molar-refractivity contribution in [1.29, 1.82) is 0 Å². The second kappa shape index (κ2) is 5.52. The van der Waals surface area contributed by atoms with E-state index in [1.807, 2.05) is 0 Å². The molecule has 1 amide bonds. The molecule has 1 N–H and O–H groups in total. The van der Waals surface area contributed by atoms with Crippen molar-refractivity contribution >= 4 is 23.5 Å². The molecule has 5 nitrogen and oxygen atoms in total. The summed E-state index contributed by atoms with van der Waals surface area (Å²) >= 11 is 5.77. The number of rotatable bonds is 2. The lowest BCUT2D eigenvalue weighted by Crippen LogP contribution is -2.42. The van der Waals surface area contributed by atoms with Crippen LogP contribution in [0.5, 0.6) is 0 Å². The van der Waals surface area contributed by atoms with E-state index in [1.165, 1.54) is 4.90 Å². The summed E-state index contributed by atoms with van der Waals surface area (Å²) < 4.78 is 13.1. The molecule has 0 aromatic carbocycles. The smallest absolute Gasteiger partial charge is 0.308 e. The van der Waals surface area contributed by atoms with Crippen molar-refractivity contribution < 1.29 is 19.1 Å². The molecule has 1 fully saturated rings. The molecule has 0 unspecified atom stereocenters. The average molecular weight is 287 g/mol. The molecule has 1 aromatic rings. The minimum atomic E-state index is -0.930. The Hall–Kier alpha value is -1.69. The van der Waals surface area contributed by atoms with E-state index >= 15 is 0 Å². The first kappa shape index (κ1) is 13.7. The van der Waals surface area contributed by atoms with Gasteiger partial charge in [-0.05, 0) is 18.9 Å². The number of carbonyl (C=O) groups is 2. The van der Waals surface area contributed by atoms with Crippen molar-refractivity contribution in [3.05, 3.63) is 28.8 Å². The Balaban J connectivity index is 2.19. The number of aromatic nitrogens is 1. The fraction of sp³-hybridized carbons (Fsp3) is 0.417. The predicted molar refractivity (Wildman–Crippen MR) is 65.5 cm³/mol. The zero-order valence-corrected chi connectivity index (χ0v) is 10.7. The summed E-state index contributed by atoms with van der Waals surface area (Å²) in [5, 5.41) is 8.89. The average Bonchev–Trinajstić information content (AvgIpc) is 2.41. The molecule has 0 spiro atoms. The number of carboxylic acids is 1. The summed E-state index contributed by atoms with van der Waals surface area (Å²) in [7, 11) is 0. The Labute approximate surface area is 114 Å². The van der Waals surface area contributed by atoms with Gasteiger partial charge in [0.05, 0.1) is 17.7 Å². The molecule has 2 rings (SSSR count). The molecular formula is C12H12ClFN2O3. The molecule has 7 heteroatoms. The number of hydrogen-bond acceptors (Lipinski definition) is 3. The van der Waals surface area contributed by atoms with Gasteiger partial charge in [-0.2, -0.15) is 0 Å². The zero-order chi connectivity index (χ0) is 14.0. The second-order valence-corrected chi connectivity index (χ2v) is 4.78. The van der Waals surface area contributed by atoms with Crippen LogP contribution in [-0.2, 0) is 4.79 Å². The van der Waals surface area contributed by atoms with Gasteiger partial charge < -0.3 is 10.0 Å². The third-order valence-electron chi connectivity index (χ3n) is 3.09. The molecule has 1 atom stereocenters. The van der Waals surface area contributed by atoms with E-state index in [0.29, 0.717) is 19.4 Å². The van der Waals surface area contributed by atoms with Crippen LogP contribution in [0.2, 0.25) is 5.15 Å². The molecule has 0 aliphatic carbocycles. The molecule has 102 valence electrons. The molecule has 19 heavy (non-hydrogen) atoms. The number of halogens is 2. The molecule has 1 saturated heterocycles. The Morgan fingerprint density at radius 1 is 1.53 bits per heavy atom. The Morgan fingerprint density at radius 3 is 2.95 bits per heavy atom. The number of amides is 1. The lowest BCUT2D eigenvalue weighted by Gasteiger charge is -2.30. The third-order valence-corrected chi connectivity index (χ3v) is 3.40. The van der Waals surface area contributed by atoms with E-state index in [1.54, 1.807) is 0 Å². The predicted octanol–water partition coefficient (Wildman–Crippen LogP) is 1.81. The minimum Gasteiger partial charge on any atom is -0.481 e. The van der Waals surface area contributed by atoms with Crippen LogP contribution in [0.15, 0.2) is 12.3 Å². The highest BCUT2D eigenvalue weighted by Gasteiger charge is 2.29. The molecule has 1 aromatic heterocycles. The van der Waals surface area contributed by atoms with Crippen LogP contribution in [-0.4, -0.2) is 40.0 Å². The number of hydrogen-bond donors (Lipinski definition) is 1. The van der Waals surface area contributed by atoms with Gasteiger partial charge in [0.15, 0.2) is 0 Å². The van der Waals surface area contributed by atoms with Gasteiger partial charge in [0.2, 0.25) is 0 Å². The summed E-state index contributed by atoms with van der Waals surface area (Å²) in [6, 6.07) is 1.02. The molecule has 0 radical (unpaired) electrons. The molecule has 1 aliphatic heterocycles. The summed E-state index contributed by atoms with van der Waals surface area (Å²) in [6.07, 6.45) is 2.06. The van der Waals surface area contributed by atoms with Gasteiger partial charge in [-0.3, -0.25) is 9.59 Å². The quantitative estimate of drug-likeness (QED) is 0.842. The molecular weight excluding hydrogens is 275 g/mol. The number of piperidine rings is 1. The standard InChI is InChI=1S/C12H12ClFN2O3/c13-10-9(4-8(14)5-15-10)11(17)16-3-1-2-7(6-16)12(18)19/h4-5,7H,1-3,6H2,(H,18,19)/t7-/m0/s1. The van der Waals surface area contributed by atoms with E-state index in [4.69, 9.17) is 16.7 Å². The van der Waals surface area contributed by atoms with Crippen molar-refractivity contribution in [1.82, 2.24) is 9.88 Å². The topological polar surface area (TPSA) is 70.5 Å². The summed E-state index contributed by atoms with van der Waals surface area (Å²) in [4.78, 5) is 28.1. The SMILES string of the molecule is O=C(O)[C@H]1CCCN(C(=O)c2cc(F)cnc2Cl)C1. The van der Waals surface area contributed by atoms with Crippen LogP contribution in [0.25, 0.3) is 0 Å². The van der Waals surface area contributed by atoms with Gasteiger partial charge in [-0.15, -0.1) is 0 Å². The number of likely N-dealkylation sites (tertiary alicyclic amines) is 1. The van der Waals surface area contributed by atoms with E-state index < -0.39 is 23.6 Å². The van der Waals surface area contributed by atoms with Crippen LogP contribution in [0.1, 0.15) is 23.2 Å². The molecule has 0 saturated carbocycles. The maximum atomic E-state index is 13.1. The Bertz CT molecular complexity index is 524. The Morgan fingerprint density at radius 2 is 2.26 bits per heavy atom. The van der Waals surface area contributed by atoms with Crippen LogP contribution in [0, 0.1) is 11.7 Å². The number of nitrogens with zero attached hydrogens (tertiary/aromatic N) is 2. The highest BCUT2D eigenvalue weighted by Crippen LogP contribution is 2.21. The first-order valence-corrected chi connectivity index (χ1v) is 6.20. The first-order chi connectivity index (χ1) is 8.99. The van der Waals surface area contributed by atoms with E-state index in [9.17, 15) is 14.0 Å². The minimum absolute atomic E-state index is 0.0345. The van der Waals surface area contributed by atoms with Crippen molar-refractivity contribution in [2.75, 3.05) is 13.1 Å². The van der Waals surface area contributed by atoms with E-state index in [-0.39, 0.29) is 17.3 Å². The summed E-state index contributed by atoms with van der Waals surface area (Å²) in [5.74, 6) is -2.65. The van der Waals surface area contributed by atoms with Gasteiger partial charge >= 0.3 is 5.97 Å². The van der Waals surface area contributed by atoms with Crippen molar-refractivity contribution in [2.45, 2.75) is 12.8 Å². The Kier molecular flexibility index (Phi) is 3.99. The fourth-order valence-corrected chi connectivity index (χ4v) is 2.29. The van der Waals surface area contributed by atoms with Crippen LogP contribution < -0.4 is 0 Å². The van der Waals surface area contributed by atoms with Crippen LogP contribution >= 0.6 is 11.6 Å². The second-order valence-electron chi connectivity index (χ2n) is 4.42. The van der Waals surface area contributed by atoms with Gasteiger partial charge in [0, 0.05) is 13.1 Å². The monoisotopic (exact) mass is 286 g/mol. The van der Waals surface area contributed by atoms with Gasteiger partial charge in [0.25, 0.3) is 5.91 Å². The summed E-state index contributed by atoms with van der Waals surface area (Å²) in [5.41, 5.74) is -0.0345. The highest BCUT2D eigenvalue weighted by molar-refractivity contribution is 6.32. The maximum Gasteiger partial charge on any atom is 0.308 e. The lowest BCUT2D eigenvalue weighted by atomic mass is 9.98. The maximum absolute atomic E-state index is 13.1. The number of pyridine rings is 1. The fourth-order valence-electron chi connectivity index (χ4n) is 2.11. The van der Waals surface area contributed by atoms with Crippen LogP contribution in [0.4, 0.5) is 4.39 Å². The number of carboxylic acid groups (broad SMARTS) is 1. The first-order valence-electron chi connectivity index (χ1n) is 5.82. The number of aliphatic carboxylic acids is 1. The highest BCUT2D eigenvalue weighted by atomic mass is 35.5. The molecule has 0 bridgehead atoms. The third kappa shape index (κ3) is 3.01. The summed E-state index contributed by atoms with van der Waals surface area (Å²) in [6.45, 7) is 0.552. The van der Waals surface area contributed by atoms with Crippen LogP contribution in [0.3, 0.4) is 0 Å². The van der Waals surface area contributed by atoms with Crippen molar-refractivity contribution in [3.63, 3.8) is 0 Å². The van der Waals surface area contributed by atoms with Gasteiger partial charge in [-0.1, -0.05) is 11.6 Å². The van der Waals surface area contributed by atoms with Crippen molar-refractivity contribution in [3.8, 4) is 0 Å². The van der Waals surface area contributed by atoms with Gasteiger partial charge in [0.1, 0.15) is 11.0 Å². The largest absolute Gasteiger partial charge is 0.481 e. The normalized spacial score (nSPS) is 19.3. The van der Waals surface area contributed by atoms with E-state index in [2.05, 4.69) is 4.98 Å². The van der Waals surface area contributed by atoms with E-state index in [0.717, 1.165) is 12.3 Å². The van der Waals surface area contributed by atoms with Crippen molar-refractivity contribution in [2.24, 2.45) is 5.92 Å². The molecule has 1 aliphatic rings. The zero-order valence-electron chi connectivity index (χ0n) is 9.97. The molecule has 2 heterocycles. The van der Waals surface area contributed by atoms with Gasteiger partial charge in [-0.25, -0.2) is 9.37 Å². The lowest BCUT2D eigenvalue weighted by molar-refractivity contribution is -0.143.